The minimum Gasteiger partial charge on any atom is -0.456 e. The Morgan fingerprint density at radius 1 is 0.302 bits per heavy atom. The molecule has 3 heteroatoms. The van der Waals surface area contributed by atoms with Crippen LogP contribution in [0.3, 0.4) is 0 Å². The zero-order valence-electron chi connectivity index (χ0n) is 34.4. The fourth-order valence-corrected chi connectivity index (χ4v) is 9.52. The summed E-state index contributed by atoms with van der Waals surface area (Å²) in [6.45, 7) is 0. The minimum atomic E-state index is 0.880. The molecule has 0 N–H and O–H groups in total. The highest BCUT2D eigenvalue weighted by Gasteiger charge is 2.21. The van der Waals surface area contributed by atoms with Crippen LogP contribution < -0.4 is 4.90 Å². The van der Waals surface area contributed by atoms with Crippen molar-refractivity contribution in [2.45, 2.75) is 0 Å². The second kappa shape index (κ2) is 15.3. The maximum atomic E-state index is 6.39. The molecule has 0 radical (unpaired) electrons. The van der Waals surface area contributed by atoms with Gasteiger partial charge in [-0.15, -0.1) is 0 Å². The van der Waals surface area contributed by atoms with Gasteiger partial charge in [-0.25, -0.2) is 0 Å². The molecule has 0 atom stereocenters. The van der Waals surface area contributed by atoms with Crippen molar-refractivity contribution in [2.75, 3.05) is 4.90 Å². The van der Waals surface area contributed by atoms with Gasteiger partial charge in [-0.3, -0.25) is 0 Å². The van der Waals surface area contributed by atoms with Crippen molar-refractivity contribution < 1.29 is 4.42 Å². The molecule has 0 aliphatic heterocycles. The summed E-state index contributed by atoms with van der Waals surface area (Å²) in [6, 6.07) is 87.0. The molecule has 0 amide bonds. The lowest BCUT2D eigenvalue weighted by Gasteiger charge is -2.28. The van der Waals surface area contributed by atoms with E-state index in [1.807, 2.05) is 12.1 Å². The average molecular weight is 805 g/mol. The molecule has 0 saturated heterocycles. The summed E-state index contributed by atoms with van der Waals surface area (Å²) in [5.41, 5.74) is 17.9. The number of para-hydroxylation sites is 4. The Balaban J connectivity index is 0.962. The SMILES string of the molecule is c1ccc(-c2ccccc2-c2ccc(N(c3ccc(-c4ccc(-n5c6ccccc6c6ccccc65)cc4)cc3)c3ccccc3-c3cccc4oc5ccccc5c34)cc2)cc1. The van der Waals surface area contributed by atoms with Crippen LogP contribution in [0.2, 0.25) is 0 Å². The first-order valence-corrected chi connectivity index (χ1v) is 21.5. The van der Waals surface area contributed by atoms with E-state index in [4.69, 9.17) is 4.42 Å². The summed E-state index contributed by atoms with van der Waals surface area (Å²) >= 11 is 0. The van der Waals surface area contributed by atoms with E-state index in [1.54, 1.807) is 0 Å². The maximum Gasteiger partial charge on any atom is 0.136 e. The lowest BCUT2D eigenvalue weighted by atomic mass is 9.94. The summed E-state index contributed by atoms with van der Waals surface area (Å²) < 4.78 is 8.75. The number of fused-ring (bicyclic) bond motifs is 6. The normalized spacial score (nSPS) is 11.5. The van der Waals surface area contributed by atoms with Gasteiger partial charge in [0.1, 0.15) is 11.2 Å². The number of nitrogens with zero attached hydrogens (tertiary/aromatic N) is 2. The number of anilines is 3. The molecular formula is C60H40N2O. The van der Waals surface area contributed by atoms with Crippen LogP contribution in [0.5, 0.6) is 0 Å². The third-order valence-corrected chi connectivity index (χ3v) is 12.5. The van der Waals surface area contributed by atoms with Crippen LogP contribution in [0.25, 0.3) is 93.9 Å². The number of rotatable bonds is 8. The molecule has 3 nitrogen and oxygen atoms in total. The zero-order valence-corrected chi connectivity index (χ0v) is 34.4. The van der Waals surface area contributed by atoms with E-state index in [0.29, 0.717) is 0 Å². The van der Waals surface area contributed by atoms with Crippen molar-refractivity contribution in [3.63, 3.8) is 0 Å². The number of benzene rings is 10. The molecule has 63 heavy (non-hydrogen) atoms. The second-order valence-corrected chi connectivity index (χ2v) is 16.1. The van der Waals surface area contributed by atoms with Crippen molar-refractivity contribution in [3.05, 3.63) is 243 Å². The Hall–Kier alpha value is -8.40. The molecule has 2 heterocycles. The van der Waals surface area contributed by atoms with Crippen molar-refractivity contribution in [3.8, 4) is 50.2 Å². The van der Waals surface area contributed by atoms with Gasteiger partial charge in [-0.05, 0) is 106 Å². The van der Waals surface area contributed by atoms with E-state index in [9.17, 15) is 0 Å². The zero-order chi connectivity index (χ0) is 41.7. The van der Waals surface area contributed by atoms with E-state index >= 15 is 0 Å². The third-order valence-electron chi connectivity index (χ3n) is 12.5. The lowest BCUT2D eigenvalue weighted by Crippen LogP contribution is -2.11. The van der Waals surface area contributed by atoms with Gasteiger partial charge in [0.05, 0.1) is 16.7 Å². The molecule has 0 saturated carbocycles. The van der Waals surface area contributed by atoms with Gasteiger partial charge in [-0.2, -0.15) is 0 Å². The number of hydrogen-bond acceptors (Lipinski definition) is 2. The first-order chi connectivity index (χ1) is 31.3. The second-order valence-electron chi connectivity index (χ2n) is 16.1. The summed E-state index contributed by atoms with van der Waals surface area (Å²) in [4.78, 5) is 2.39. The molecule has 296 valence electrons. The molecular weight excluding hydrogens is 765 g/mol. The van der Waals surface area contributed by atoms with E-state index in [0.717, 1.165) is 66.9 Å². The number of furan rings is 1. The highest BCUT2D eigenvalue weighted by atomic mass is 16.3. The van der Waals surface area contributed by atoms with E-state index < -0.39 is 0 Å². The highest BCUT2D eigenvalue weighted by Crippen LogP contribution is 2.45. The van der Waals surface area contributed by atoms with Crippen LogP contribution in [0, 0.1) is 0 Å². The van der Waals surface area contributed by atoms with Gasteiger partial charge >= 0.3 is 0 Å². The molecule has 0 unspecified atom stereocenters. The first kappa shape index (κ1) is 36.5. The van der Waals surface area contributed by atoms with Crippen molar-refractivity contribution in [1.29, 1.82) is 0 Å². The number of aromatic nitrogens is 1. The largest absolute Gasteiger partial charge is 0.456 e. The molecule has 2 aromatic heterocycles. The lowest BCUT2D eigenvalue weighted by molar-refractivity contribution is 0.669. The van der Waals surface area contributed by atoms with E-state index in [-0.39, 0.29) is 0 Å². The molecule has 12 aromatic rings. The van der Waals surface area contributed by atoms with Crippen LogP contribution in [0.15, 0.2) is 247 Å². The standard InChI is InChI=1S/C60H40N2O/c1-2-15-43(16-3-1)48-17-4-5-18-49(48)44-33-39-46(40-34-44)61(55-24-10-8-21-52(55)53-23-14-28-59-60(53)54-22-9-13-27-58(54)63-59)45-35-29-41(30-36-45)42-31-37-47(38-32-42)62-56-25-11-6-19-50(56)51-20-7-12-26-57(51)62/h1-40H. The van der Waals surface area contributed by atoms with Crippen LogP contribution in [-0.2, 0) is 0 Å². The minimum absolute atomic E-state index is 0.880. The Kier molecular flexibility index (Phi) is 8.83. The Morgan fingerprint density at radius 2 is 0.762 bits per heavy atom. The molecule has 0 spiro atoms. The fourth-order valence-electron chi connectivity index (χ4n) is 9.52. The topological polar surface area (TPSA) is 21.3 Å². The van der Waals surface area contributed by atoms with Gasteiger partial charge < -0.3 is 13.9 Å². The summed E-state index contributed by atoms with van der Waals surface area (Å²) in [5, 5.41) is 4.76. The van der Waals surface area contributed by atoms with Crippen molar-refractivity contribution in [2.24, 2.45) is 0 Å². The Bertz CT molecular complexity index is 3550. The Morgan fingerprint density at radius 3 is 1.41 bits per heavy atom. The first-order valence-electron chi connectivity index (χ1n) is 21.5. The summed E-state index contributed by atoms with van der Waals surface area (Å²) in [6.07, 6.45) is 0. The monoisotopic (exact) mass is 804 g/mol. The van der Waals surface area contributed by atoms with Gasteiger partial charge in [-0.1, -0.05) is 176 Å². The van der Waals surface area contributed by atoms with Crippen LogP contribution in [0.4, 0.5) is 17.1 Å². The highest BCUT2D eigenvalue weighted by molar-refractivity contribution is 6.14. The van der Waals surface area contributed by atoms with Gasteiger partial charge in [0.25, 0.3) is 0 Å². The molecule has 0 aliphatic rings. The van der Waals surface area contributed by atoms with E-state index in [2.05, 4.69) is 240 Å². The van der Waals surface area contributed by atoms with Gasteiger partial charge in [0, 0.05) is 44.2 Å². The van der Waals surface area contributed by atoms with Crippen molar-refractivity contribution in [1.82, 2.24) is 4.57 Å². The number of hydrogen-bond donors (Lipinski definition) is 0. The molecule has 12 rings (SSSR count). The van der Waals surface area contributed by atoms with E-state index in [1.165, 1.54) is 44.1 Å². The molecule has 0 fully saturated rings. The average Bonchev–Trinajstić information content (AvgIpc) is 3.91. The maximum absolute atomic E-state index is 6.39. The van der Waals surface area contributed by atoms with Crippen molar-refractivity contribution >= 4 is 60.8 Å². The molecule has 0 aliphatic carbocycles. The van der Waals surface area contributed by atoms with Crippen LogP contribution >= 0.6 is 0 Å². The smallest absolute Gasteiger partial charge is 0.136 e. The summed E-state index contributed by atoms with van der Waals surface area (Å²) in [5.74, 6) is 0. The third kappa shape index (κ3) is 6.29. The summed E-state index contributed by atoms with van der Waals surface area (Å²) in [7, 11) is 0. The predicted molar refractivity (Wildman–Crippen MR) is 264 cm³/mol. The van der Waals surface area contributed by atoms with Crippen LogP contribution in [0.1, 0.15) is 0 Å². The van der Waals surface area contributed by atoms with Gasteiger partial charge in [0.2, 0.25) is 0 Å². The van der Waals surface area contributed by atoms with Crippen LogP contribution in [-0.4, -0.2) is 4.57 Å². The predicted octanol–water partition coefficient (Wildman–Crippen LogP) is 16.8. The Labute approximate surface area is 366 Å². The molecule has 0 bridgehead atoms. The fraction of sp³-hybridized carbons (Fsp3) is 0. The quantitative estimate of drug-likeness (QED) is 0.153. The van der Waals surface area contributed by atoms with Gasteiger partial charge in [0.15, 0.2) is 0 Å². The molecule has 10 aromatic carbocycles.